The predicted octanol–water partition coefficient (Wildman–Crippen LogP) is 2.82. The van der Waals surface area contributed by atoms with Crippen LogP contribution in [0.2, 0.25) is 0 Å². The van der Waals surface area contributed by atoms with Gasteiger partial charge in [0.05, 0.1) is 6.04 Å². The highest BCUT2D eigenvalue weighted by Gasteiger charge is 2.25. The SMILES string of the molecule is Cc1ccccc1N1CCN([C@@H](C)C(=O)NCc2ccccc2)CC1. The van der Waals surface area contributed by atoms with Crippen molar-refractivity contribution in [2.75, 3.05) is 31.1 Å². The third kappa shape index (κ3) is 4.40. The fraction of sp³-hybridized carbons (Fsp3) is 0.381. The molecular weight excluding hydrogens is 310 g/mol. The number of para-hydroxylation sites is 1. The number of benzene rings is 2. The Balaban J connectivity index is 1.50. The molecule has 0 saturated carbocycles. The van der Waals surface area contributed by atoms with Gasteiger partial charge in [0.1, 0.15) is 0 Å². The van der Waals surface area contributed by atoms with Crippen molar-refractivity contribution in [2.24, 2.45) is 0 Å². The van der Waals surface area contributed by atoms with Crippen LogP contribution in [-0.4, -0.2) is 43.0 Å². The second-order valence-electron chi connectivity index (χ2n) is 6.69. The van der Waals surface area contributed by atoms with Crippen molar-refractivity contribution in [1.29, 1.82) is 0 Å². The van der Waals surface area contributed by atoms with Gasteiger partial charge in [0.25, 0.3) is 0 Å². The van der Waals surface area contributed by atoms with Crippen LogP contribution >= 0.6 is 0 Å². The minimum Gasteiger partial charge on any atom is -0.369 e. The molecule has 2 aromatic carbocycles. The first-order valence-corrected chi connectivity index (χ1v) is 9.01. The van der Waals surface area contributed by atoms with Crippen molar-refractivity contribution >= 4 is 11.6 Å². The van der Waals surface area contributed by atoms with E-state index in [0.29, 0.717) is 6.54 Å². The molecule has 0 spiro atoms. The molecule has 1 saturated heterocycles. The smallest absolute Gasteiger partial charge is 0.237 e. The van der Waals surface area contributed by atoms with Crippen molar-refractivity contribution in [3.05, 3.63) is 65.7 Å². The first kappa shape index (κ1) is 17.5. The van der Waals surface area contributed by atoms with Crippen molar-refractivity contribution in [3.63, 3.8) is 0 Å². The van der Waals surface area contributed by atoms with E-state index in [0.717, 1.165) is 31.7 Å². The highest BCUT2D eigenvalue weighted by Crippen LogP contribution is 2.21. The van der Waals surface area contributed by atoms with Gasteiger partial charge >= 0.3 is 0 Å². The van der Waals surface area contributed by atoms with Crippen LogP contribution in [-0.2, 0) is 11.3 Å². The monoisotopic (exact) mass is 337 g/mol. The number of hydrogen-bond acceptors (Lipinski definition) is 3. The molecule has 2 aromatic rings. The lowest BCUT2D eigenvalue weighted by atomic mass is 10.1. The van der Waals surface area contributed by atoms with Crippen molar-refractivity contribution in [2.45, 2.75) is 26.4 Å². The Morgan fingerprint density at radius 3 is 2.32 bits per heavy atom. The molecule has 1 amide bonds. The van der Waals surface area contributed by atoms with E-state index in [1.165, 1.54) is 11.3 Å². The summed E-state index contributed by atoms with van der Waals surface area (Å²) in [4.78, 5) is 17.1. The molecule has 25 heavy (non-hydrogen) atoms. The Labute approximate surface area is 150 Å². The molecular formula is C21H27N3O. The van der Waals surface area contributed by atoms with E-state index >= 15 is 0 Å². The van der Waals surface area contributed by atoms with Gasteiger partial charge in [0, 0.05) is 38.4 Å². The van der Waals surface area contributed by atoms with E-state index in [4.69, 9.17) is 0 Å². The van der Waals surface area contributed by atoms with E-state index in [-0.39, 0.29) is 11.9 Å². The molecule has 1 aliphatic rings. The van der Waals surface area contributed by atoms with E-state index in [2.05, 4.69) is 46.3 Å². The van der Waals surface area contributed by atoms with E-state index in [9.17, 15) is 4.79 Å². The number of nitrogens with one attached hydrogen (secondary N) is 1. The van der Waals surface area contributed by atoms with Crippen molar-refractivity contribution in [1.82, 2.24) is 10.2 Å². The molecule has 1 aliphatic heterocycles. The molecule has 0 unspecified atom stereocenters. The van der Waals surface area contributed by atoms with Gasteiger partial charge in [-0.3, -0.25) is 9.69 Å². The van der Waals surface area contributed by atoms with Crippen LogP contribution < -0.4 is 10.2 Å². The summed E-state index contributed by atoms with van der Waals surface area (Å²) in [5.74, 6) is 0.105. The van der Waals surface area contributed by atoms with Gasteiger partial charge in [-0.1, -0.05) is 48.5 Å². The summed E-state index contributed by atoms with van der Waals surface area (Å²) in [6.45, 7) is 8.49. The lowest BCUT2D eigenvalue weighted by molar-refractivity contribution is -0.126. The quantitative estimate of drug-likeness (QED) is 0.911. The fourth-order valence-corrected chi connectivity index (χ4v) is 3.37. The van der Waals surface area contributed by atoms with Gasteiger partial charge in [0.2, 0.25) is 5.91 Å². The largest absolute Gasteiger partial charge is 0.369 e. The Morgan fingerprint density at radius 2 is 1.64 bits per heavy atom. The molecule has 4 nitrogen and oxygen atoms in total. The number of nitrogens with zero attached hydrogens (tertiary/aromatic N) is 2. The lowest BCUT2D eigenvalue weighted by Gasteiger charge is -2.39. The number of hydrogen-bond donors (Lipinski definition) is 1. The normalized spacial score (nSPS) is 16.5. The van der Waals surface area contributed by atoms with Gasteiger partial charge in [-0.25, -0.2) is 0 Å². The third-order valence-corrected chi connectivity index (χ3v) is 5.01. The molecule has 1 N–H and O–H groups in total. The first-order chi connectivity index (χ1) is 12.1. The molecule has 4 heteroatoms. The van der Waals surface area contributed by atoms with Gasteiger partial charge in [-0.05, 0) is 31.0 Å². The first-order valence-electron chi connectivity index (χ1n) is 9.01. The zero-order valence-electron chi connectivity index (χ0n) is 15.1. The second-order valence-corrected chi connectivity index (χ2v) is 6.69. The van der Waals surface area contributed by atoms with Crippen LogP contribution in [0.1, 0.15) is 18.1 Å². The molecule has 0 bridgehead atoms. The zero-order chi connectivity index (χ0) is 17.6. The summed E-state index contributed by atoms with van der Waals surface area (Å²) < 4.78 is 0. The lowest BCUT2D eigenvalue weighted by Crippen LogP contribution is -2.54. The van der Waals surface area contributed by atoms with Crippen molar-refractivity contribution in [3.8, 4) is 0 Å². The van der Waals surface area contributed by atoms with Crippen LogP contribution in [0.25, 0.3) is 0 Å². The van der Waals surface area contributed by atoms with E-state index < -0.39 is 0 Å². The van der Waals surface area contributed by atoms with Crippen LogP contribution in [0.3, 0.4) is 0 Å². The number of carbonyl (C=O) groups is 1. The molecule has 1 heterocycles. The topological polar surface area (TPSA) is 35.6 Å². The molecule has 0 aliphatic carbocycles. The van der Waals surface area contributed by atoms with Gasteiger partial charge in [-0.15, -0.1) is 0 Å². The standard InChI is InChI=1S/C21H27N3O/c1-17-8-6-7-11-20(17)24-14-12-23(13-15-24)18(2)21(25)22-16-19-9-4-3-5-10-19/h3-11,18H,12-16H2,1-2H3,(H,22,25)/t18-/m0/s1. The molecule has 3 rings (SSSR count). The fourth-order valence-electron chi connectivity index (χ4n) is 3.37. The molecule has 1 fully saturated rings. The Hall–Kier alpha value is -2.33. The summed E-state index contributed by atoms with van der Waals surface area (Å²) in [6, 6.07) is 18.5. The van der Waals surface area contributed by atoms with Crippen LogP contribution in [0.15, 0.2) is 54.6 Å². The average Bonchev–Trinajstić information content (AvgIpc) is 2.67. The minimum atomic E-state index is -0.0947. The number of amides is 1. The summed E-state index contributed by atoms with van der Waals surface area (Å²) in [6.07, 6.45) is 0. The maximum absolute atomic E-state index is 12.5. The summed E-state index contributed by atoms with van der Waals surface area (Å²) >= 11 is 0. The molecule has 1 atom stereocenters. The Morgan fingerprint density at radius 1 is 1.00 bits per heavy atom. The maximum atomic E-state index is 12.5. The van der Waals surface area contributed by atoms with E-state index in [1.54, 1.807) is 0 Å². The summed E-state index contributed by atoms with van der Waals surface area (Å²) in [5.41, 5.74) is 3.75. The second kappa shape index (κ2) is 8.17. The maximum Gasteiger partial charge on any atom is 0.237 e. The number of carbonyl (C=O) groups excluding carboxylic acids is 1. The number of piperazine rings is 1. The third-order valence-electron chi connectivity index (χ3n) is 5.01. The summed E-state index contributed by atoms with van der Waals surface area (Å²) in [7, 11) is 0. The zero-order valence-corrected chi connectivity index (χ0v) is 15.1. The molecule has 132 valence electrons. The van der Waals surface area contributed by atoms with Crippen LogP contribution in [0, 0.1) is 6.92 Å². The molecule has 0 aromatic heterocycles. The Bertz CT molecular complexity index is 693. The molecule has 0 radical (unpaired) electrons. The van der Waals surface area contributed by atoms with Crippen LogP contribution in [0.4, 0.5) is 5.69 Å². The highest BCUT2D eigenvalue weighted by atomic mass is 16.2. The van der Waals surface area contributed by atoms with Crippen molar-refractivity contribution < 1.29 is 4.79 Å². The average molecular weight is 337 g/mol. The van der Waals surface area contributed by atoms with Gasteiger partial charge in [-0.2, -0.15) is 0 Å². The highest BCUT2D eigenvalue weighted by molar-refractivity contribution is 5.81. The number of aryl methyl sites for hydroxylation is 1. The van der Waals surface area contributed by atoms with Gasteiger partial charge < -0.3 is 10.2 Å². The minimum absolute atomic E-state index is 0.0947. The summed E-state index contributed by atoms with van der Waals surface area (Å²) in [5, 5.41) is 3.05. The number of anilines is 1. The number of rotatable bonds is 5. The van der Waals surface area contributed by atoms with Crippen LogP contribution in [0.5, 0.6) is 0 Å². The predicted molar refractivity (Wildman–Crippen MR) is 103 cm³/mol. The van der Waals surface area contributed by atoms with Gasteiger partial charge in [0.15, 0.2) is 0 Å². The Kier molecular flexibility index (Phi) is 5.71. The van der Waals surface area contributed by atoms with E-state index in [1.807, 2.05) is 37.3 Å².